The quantitative estimate of drug-likeness (QED) is 0.591. The first kappa shape index (κ1) is 20.1. The van der Waals surface area contributed by atoms with Crippen molar-refractivity contribution in [1.29, 1.82) is 0 Å². The Morgan fingerprint density at radius 3 is 2.38 bits per heavy atom. The first-order valence-corrected chi connectivity index (χ1v) is 10.3. The van der Waals surface area contributed by atoms with Gasteiger partial charge in [-0.2, -0.15) is 0 Å². The van der Waals surface area contributed by atoms with E-state index >= 15 is 0 Å². The Labute approximate surface area is 184 Å². The number of esters is 1. The number of carboxylic acids is 1. The van der Waals surface area contributed by atoms with E-state index in [2.05, 4.69) is 4.90 Å². The highest BCUT2D eigenvalue weighted by atomic mass is 16.7. The summed E-state index contributed by atoms with van der Waals surface area (Å²) in [5, 5.41) is 9.03. The Balaban J connectivity index is 1.19. The van der Waals surface area contributed by atoms with Gasteiger partial charge in [0.2, 0.25) is 6.79 Å². The zero-order chi connectivity index (χ0) is 22.1. The molecule has 0 amide bonds. The first-order chi connectivity index (χ1) is 15.5. The highest BCUT2D eigenvalue weighted by Crippen LogP contribution is 2.33. The van der Waals surface area contributed by atoms with E-state index in [1.165, 1.54) is 5.56 Å². The minimum absolute atomic E-state index is 0.158. The molecule has 0 aromatic heterocycles. The van der Waals surface area contributed by atoms with Crippen molar-refractivity contribution in [3.63, 3.8) is 0 Å². The number of rotatable bonds is 6. The smallest absolute Gasteiger partial charge is 0.338 e. The van der Waals surface area contributed by atoms with E-state index in [-0.39, 0.29) is 24.9 Å². The summed E-state index contributed by atoms with van der Waals surface area (Å²) < 4.78 is 16.1. The SMILES string of the molecule is O=C(O)c1ccc(CN2Cc3ccc(C(=O)OCc4ccc5c(c4)OCO5)cc3C2)cc1. The van der Waals surface area contributed by atoms with Crippen molar-refractivity contribution < 1.29 is 28.9 Å². The van der Waals surface area contributed by atoms with Crippen LogP contribution in [0.15, 0.2) is 60.7 Å². The maximum atomic E-state index is 12.6. The number of carbonyl (C=O) groups is 2. The number of ether oxygens (including phenoxy) is 3. The molecule has 7 heteroatoms. The number of carboxylic acid groups (broad SMARTS) is 1. The summed E-state index contributed by atoms with van der Waals surface area (Å²) in [6.07, 6.45) is 0. The van der Waals surface area contributed by atoms with Crippen LogP contribution in [0.4, 0.5) is 0 Å². The lowest BCUT2D eigenvalue weighted by molar-refractivity contribution is 0.0472. The van der Waals surface area contributed by atoms with Gasteiger partial charge in [-0.1, -0.05) is 24.3 Å². The summed E-state index contributed by atoms with van der Waals surface area (Å²) in [5.41, 5.74) is 4.97. The molecule has 2 aliphatic rings. The molecule has 5 rings (SSSR count). The lowest BCUT2D eigenvalue weighted by Gasteiger charge is -2.14. The summed E-state index contributed by atoms with van der Waals surface area (Å²) in [6.45, 7) is 2.57. The molecule has 3 aromatic rings. The largest absolute Gasteiger partial charge is 0.478 e. The topological polar surface area (TPSA) is 85.3 Å². The minimum Gasteiger partial charge on any atom is -0.478 e. The van der Waals surface area contributed by atoms with Crippen LogP contribution in [0.25, 0.3) is 0 Å². The van der Waals surface area contributed by atoms with Crippen LogP contribution in [-0.4, -0.2) is 28.7 Å². The molecule has 0 atom stereocenters. The van der Waals surface area contributed by atoms with Crippen molar-refractivity contribution in [2.24, 2.45) is 0 Å². The predicted octanol–water partition coefficient (Wildman–Crippen LogP) is 3.99. The molecule has 2 heterocycles. The van der Waals surface area contributed by atoms with Crippen molar-refractivity contribution >= 4 is 11.9 Å². The number of hydrogen-bond acceptors (Lipinski definition) is 6. The van der Waals surface area contributed by atoms with E-state index < -0.39 is 5.97 Å². The third kappa shape index (κ3) is 4.15. The van der Waals surface area contributed by atoms with Crippen LogP contribution < -0.4 is 9.47 Å². The molecule has 0 unspecified atom stereocenters. The van der Waals surface area contributed by atoms with Crippen molar-refractivity contribution in [3.05, 3.63) is 94.0 Å². The number of hydrogen-bond donors (Lipinski definition) is 1. The van der Waals surface area contributed by atoms with Gasteiger partial charge in [-0.15, -0.1) is 0 Å². The summed E-state index contributed by atoms with van der Waals surface area (Å²) in [4.78, 5) is 25.8. The number of nitrogens with zero attached hydrogens (tertiary/aromatic N) is 1. The number of benzene rings is 3. The monoisotopic (exact) mass is 431 g/mol. The summed E-state index contributed by atoms with van der Waals surface area (Å²) in [6, 6.07) is 18.1. The molecule has 1 N–H and O–H groups in total. The molecule has 0 bridgehead atoms. The van der Waals surface area contributed by atoms with Crippen LogP contribution in [0.1, 0.15) is 43.0 Å². The molecular formula is C25H21NO6. The molecule has 32 heavy (non-hydrogen) atoms. The van der Waals surface area contributed by atoms with Crippen LogP contribution in [0.3, 0.4) is 0 Å². The second-order valence-corrected chi connectivity index (χ2v) is 7.89. The van der Waals surface area contributed by atoms with Gasteiger partial charge in [-0.05, 0) is 58.7 Å². The zero-order valence-corrected chi connectivity index (χ0v) is 17.2. The molecule has 7 nitrogen and oxygen atoms in total. The second kappa shape index (κ2) is 8.36. The van der Waals surface area contributed by atoms with Gasteiger partial charge in [0.25, 0.3) is 0 Å². The van der Waals surface area contributed by atoms with E-state index in [4.69, 9.17) is 19.3 Å². The van der Waals surface area contributed by atoms with Gasteiger partial charge >= 0.3 is 11.9 Å². The van der Waals surface area contributed by atoms with Gasteiger partial charge in [0, 0.05) is 19.6 Å². The van der Waals surface area contributed by atoms with Gasteiger partial charge in [0.1, 0.15) is 6.61 Å². The van der Waals surface area contributed by atoms with Gasteiger partial charge in [-0.3, -0.25) is 4.90 Å². The Morgan fingerprint density at radius 1 is 0.844 bits per heavy atom. The molecule has 0 fully saturated rings. The van der Waals surface area contributed by atoms with Crippen LogP contribution >= 0.6 is 0 Å². The van der Waals surface area contributed by atoms with Crippen molar-refractivity contribution in [1.82, 2.24) is 4.90 Å². The fourth-order valence-corrected chi connectivity index (χ4v) is 3.98. The molecule has 3 aromatic carbocycles. The lowest BCUT2D eigenvalue weighted by Crippen LogP contribution is -2.15. The predicted molar refractivity (Wildman–Crippen MR) is 114 cm³/mol. The van der Waals surface area contributed by atoms with Crippen LogP contribution in [0.2, 0.25) is 0 Å². The van der Waals surface area contributed by atoms with Gasteiger partial charge in [0.15, 0.2) is 11.5 Å². The Kier molecular flexibility index (Phi) is 5.25. The number of carbonyl (C=O) groups excluding carboxylic acids is 1. The Bertz CT molecular complexity index is 1190. The van der Waals surface area contributed by atoms with E-state index in [0.717, 1.165) is 29.8 Å². The highest BCUT2D eigenvalue weighted by Gasteiger charge is 2.21. The standard InChI is InChI=1S/C25H21NO6/c27-24(28)18-4-1-16(2-5-18)11-26-12-20-7-6-19(10-21(20)13-26)25(29)30-14-17-3-8-22-23(9-17)32-15-31-22/h1-10H,11-15H2,(H,27,28). The first-order valence-electron chi connectivity index (χ1n) is 10.3. The summed E-state index contributed by atoms with van der Waals surface area (Å²) >= 11 is 0. The lowest BCUT2D eigenvalue weighted by atomic mass is 10.1. The molecular weight excluding hydrogens is 410 g/mol. The third-order valence-corrected chi connectivity index (χ3v) is 5.64. The van der Waals surface area contributed by atoms with E-state index in [1.54, 1.807) is 18.2 Å². The minimum atomic E-state index is -0.928. The van der Waals surface area contributed by atoms with Crippen LogP contribution in [-0.2, 0) is 31.0 Å². The molecule has 0 radical (unpaired) electrons. The summed E-state index contributed by atoms with van der Waals surface area (Å²) in [5.74, 6) is 0.0612. The van der Waals surface area contributed by atoms with E-state index in [1.807, 2.05) is 42.5 Å². The molecule has 2 aliphatic heterocycles. The van der Waals surface area contributed by atoms with E-state index in [0.29, 0.717) is 23.6 Å². The normalized spacial score (nSPS) is 14.2. The fraction of sp³-hybridized carbons (Fsp3) is 0.200. The maximum absolute atomic E-state index is 12.6. The molecule has 0 saturated heterocycles. The summed E-state index contributed by atoms with van der Waals surface area (Å²) in [7, 11) is 0. The molecule has 162 valence electrons. The average molecular weight is 431 g/mol. The van der Waals surface area contributed by atoms with Crippen LogP contribution in [0.5, 0.6) is 11.5 Å². The Hall–Kier alpha value is -3.84. The van der Waals surface area contributed by atoms with Crippen molar-refractivity contribution in [2.75, 3.05) is 6.79 Å². The number of fused-ring (bicyclic) bond motifs is 2. The Morgan fingerprint density at radius 2 is 1.56 bits per heavy atom. The third-order valence-electron chi connectivity index (χ3n) is 5.64. The van der Waals surface area contributed by atoms with Gasteiger partial charge < -0.3 is 19.3 Å². The van der Waals surface area contributed by atoms with E-state index in [9.17, 15) is 9.59 Å². The maximum Gasteiger partial charge on any atom is 0.338 e. The zero-order valence-electron chi connectivity index (χ0n) is 17.2. The fourth-order valence-electron chi connectivity index (χ4n) is 3.98. The van der Waals surface area contributed by atoms with Crippen molar-refractivity contribution in [3.8, 4) is 11.5 Å². The molecule has 0 spiro atoms. The van der Waals surface area contributed by atoms with Crippen molar-refractivity contribution in [2.45, 2.75) is 26.2 Å². The van der Waals surface area contributed by atoms with Crippen LogP contribution in [0, 0.1) is 0 Å². The molecule has 0 aliphatic carbocycles. The number of aromatic carboxylic acids is 1. The van der Waals surface area contributed by atoms with Gasteiger partial charge in [-0.25, -0.2) is 9.59 Å². The molecule has 0 saturated carbocycles. The van der Waals surface area contributed by atoms with Gasteiger partial charge in [0.05, 0.1) is 11.1 Å². The highest BCUT2D eigenvalue weighted by molar-refractivity contribution is 5.89. The second-order valence-electron chi connectivity index (χ2n) is 7.89. The average Bonchev–Trinajstić information content (AvgIpc) is 3.43.